The normalized spacial score (nSPS) is 13.8. The number of benzene rings is 9. The fraction of sp³-hybridized carbons (Fsp3) is 0.115. The largest absolute Gasteiger partial charge is 0.455 e. The fourth-order valence-corrected chi connectivity index (χ4v) is 10.2. The molecule has 9 aromatic carbocycles. The molecule has 2 atom stereocenters. The van der Waals surface area contributed by atoms with Gasteiger partial charge in [0.15, 0.2) is 0 Å². The van der Waals surface area contributed by atoms with E-state index in [1.54, 1.807) is 0 Å². The molecule has 0 saturated heterocycles. The number of para-hydroxylation sites is 2. The Morgan fingerprint density at radius 2 is 0.935 bits per heavy atom. The number of furan rings is 1. The average Bonchev–Trinajstić information content (AvgIpc) is 3.83. The maximum atomic E-state index is 6.44. The van der Waals surface area contributed by atoms with Gasteiger partial charge < -0.3 is 4.42 Å². The van der Waals surface area contributed by atoms with Crippen LogP contribution < -0.4 is 0 Å². The molecule has 1 heterocycles. The van der Waals surface area contributed by atoms with Crippen molar-refractivity contribution in [2.45, 2.75) is 44.4 Å². The van der Waals surface area contributed by atoms with Crippen LogP contribution in [0.1, 0.15) is 60.4 Å². The van der Waals surface area contributed by atoms with E-state index >= 15 is 0 Å². The summed E-state index contributed by atoms with van der Waals surface area (Å²) >= 11 is 0. The second kappa shape index (κ2) is 15.4. The highest BCUT2D eigenvalue weighted by molar-refractivity contribution is 6.09. The van der Waals surface area contributed by atoms with Gasteiger partial charge in [0.05, 0.1) is 0 Å². The van der Waals surface area contributed by atoms with Gasteiger partial charge in [0, 0.05) is 21.8 Å². The van der Waals surface area contributed by atoms with Crippen LogP contribution >= 0.6 is 0 Å². The lowest BCUT2D eigenvalue weighted by Crippen LogP contribution is -2.16. The predicted molar refractivity (Wildman–Crippen MR) is 261 cm³/mol. The maximum Gasteiger partial charge on any atom is 0.143 e. The van der Waals surface area contributed by atoms with E-state index in [0.717, 1.165) is 33.9 Å². The SMILES string of the molecule is CC(c1ccc2c(c1)C(C)(C)c1ccccc1-2)C(Cc1ccc(-c2cccc3c2oc2ccccc23)cc1)c1ccc(-c2cc(-c3ccccc3)cc(-c3ccccc3)c2)cc1. The third kappa shape index (κ3) is 6.66. The average molecular weight is 797 g/mol. The monoisotopic (exact) mass is 796 g/mol. The Kier molecular flexibility index (Phi) is 9.35. The molecule has 1 nitrogen and oxygen atoms in total. The number of hydrogen-bond acceptors (Lipinski definition) is 1. The van der Waals surface area contributed by atoms with Crippen molar-refractivity contribution in [1.82, 2.24) is 0 Å². The minimum absolute atomic E-state index is 0.0514. The van der Waals surface area contributed by atoms with E-state index in [1.807, 2.05) is 6.07 Å². The highest BCUT2D eigenvalue weighted by atomic mass is 16.3. The molecule has 0 N–H and O–H groups in total. The first-order chi connectivity index (χ1) is 30.4. The first kappa shape index (κ1) is 37.8. The highest BCUT2D eigenvalue weighted by Crippen LogP contribution is 2.50. The van der Waals surface area contributed by atoms with Crippen LogP contribution in [-0.2, 0) is 11.8 Å². The van der Waals surface area contributed by atoms with E-state index in [1.165, 1.54) is 77.9 Å². The summed E-state index contributed by atoms with van der Waals surface area (Å²) in [6, 6.07) is 78.2. The molecule has 0 amide bonds. The molecule has 0 bridgehead atoms. The van der Waals surface area contributed by atoms with Crippen LogP contribution in [0.25, 0.3) is 77.6 Å². The van der Waals surface area contributed by atoms with Gasteiger partial charge in [0.1, 0.15) is 11.2 Å². The van der Waals surface area contributed by atoms with E-state index in [2.05, 4.69) is 227 Å². The Morgan fingerprint density at radius 3 is 1.63 bits per heavy atom. The quantitative estimate of drug-likeness (QED) is 0.142. The molecule has 1 aliphatic rings. The molecule has 1 aliphatic carbocycles. The van der Waals surface area contributed by atoms with Crippen molar-refractivity contribution in [1.29, 1.82) is 0 Å². The van der Waals surface area contributed by atoms with Gasteiger partial charge in [-0.2, -0.15) is 0 Å². The van der Waals surface area contributed by atoms with Crippen molar-refractivity contribution >= 4 is 21.9 Å². The summed E-state index contributed by atoms with van der Waals surface area (Å²) in [5.74, 6) is 0.509. The molecule has 0 fully saturated rings. The topological polar surface area (TPSA) is 13.1 Å². The lowest BCUT2D eigenvalue weighted by molar-refractivity contribution is 0.570. The Hall–Kier alpha value is -7.22. The summed E-state index contributed by atoms with van der Waals surface area (Å²) in [6.45, 7) is 7.19. The summed E-state index contributed by atoms with van der Waals surface area (Å²) in [5.41, 5.74) is 21.1. The second-order valence-electron chi connectivity index (χ2n) is 17.7. The molecular weight excluding hydrogens is 749 g/mol. The van der Waals surface area contributed by atoms with Gasteiger partial charge in [-0.15, -0.1) is 0 Å². The number of fused-ring (bicyclic) bond motifs is 6. The molecule has 11 rings (SSSR count). The Labute approximate surface area is 365 Å². The van der Waals surface area contributed by atoms with E-state index < -0.39 is 0 Å². The summed E-state index contributed by atoms with van der Waals surface area (Å²) in [6.07, 6.45) is 0.915. The van der Waals surface area contributed by atoms with Crippen molar-refractivity contribution in [2.24, 2.45) is 0 Å². The summed E-state index contributed by atoms with van der Waals surface area (Å²) in [7, 11) is 0. The van der Waals surface area contributed by atoms with Crippen LogP contribution in [0.2, 0.25) is 0 Å². The molecule has 2 unspecified atom stereocenters. The van der Waals surface area contributed by atoms with E-state index in [4.69, 9.17) is 4.42 Å². The van der Waals surface area contributed by atoms with Crippen LogP contribution in [0.3, 0.4) is 0 Å². The van der Waals surface area contributed by atoms with Crippen LogP contribution in [0.4, 0.5) is 0 Å². The molecule has 1 heteroatoms. The van der Waals surface area contributed by atoms with Crippen molar-refractivity contribution in [3.8, 4) is 55.6 Å². The zero-order chi connectivity index (χ0) is 41.8. The van der Waals surface area contributed by atoms with Crippen molar-refractivity contribution in [3.05, 3.63) is 240 Å². The van der Waals surface area contributed by atoms with E-state index in [-0.39, 0.29) is 17.3 Å². The first-order valence-electron chi connectivity index (χ1n) is 22.0. The molecule has 10 aromatic rings. The maximum absolute atomic E-state index is 6.44. The zero-order valence-electron chi connectivity index (χ0n) is 35.5. The minimum Gasteiger partial charge on any atom is -0.455 e. The van der Waals surface area contributed by atoms with Crippen molar-refractivity contribution in [2.75, 3.05) is 0 Å². The van der Waals surface area contributed by atoms with Gasteiger partial charge in [0.2, 0.25) is 0 Å². The number of hydrogen-bond donors (Lipinski definition) is 0. The molecule has 0 aliphatic heterocycles. The second-order valence-corrected chi connectivity index (χ2v) is 17.7. The number of rotatable bonds is 9. The van der Waals surface area contributed by atoms with Gasteiger partial charge in [-0.1, -0.05) is 209 Å². The van der Waals surface area contributed by atoms with E-state index in [0.29, 0.717) is 0 Å². The van der Waals surface area contributed by atoms with Gasteiger partial charge >= 0.3 is 0 Å². The predicted octanol–water partition coefficient (Wildman–Crippen LogP) is 16.7. The minimum atomic E-state index is -0.0514. The summed E-state index contributed by atoms with van der Waals surface area (Å²) < 4.78 is 6.44. The summed E-state index contributed by atoms with van der Waals surface area (Å²) in [5, 5.41) is 2.31. The Morgan fingerprint density at radius 1 is 0.403 bits per heavy atom. The van der Waals surface area contributed by atoms with Crippen LogP contribution in [0.15, 0.2) is 217 Å². The molecular formula is C61H48O. The molecule has 298 valence electrons. The van der Waals surface area contributed by atoms with Crippen LogP contribution in [0, 0.1) is 0 Å². The smallest absolute Gasteiger partial charge is 0.143 e. The van der Waals surface area contributed by atoms with Gasteiger partial charge in [-0.05, 0) is 120 Å². The van der Waals surface area contributed by atoms with Crippen molar-refractivity contribution < 1.29 is 4.42 Å². The van der Waals surface area contributed by atoms with Gasteiger partial charge in [0.25, 0.3) is 0 Å². The van der Waals surface area contributed by atoms with Crippen LogP contribution in [0.5, 0.6) is 0 Å². The lowest BCUT2D eigenvalue weighted by atomic mass is 9.76. The highest BCUT2D eigenvalue weighted by Gasteiger charge is 2.36. The molecule has 1 aromatic heterocycles. The molecule has 0 saturated carbocycles. The molecule has 0 radical (unpaired) electrons. The Bertz CT molecular complexity index is 3170. The third-order valence-corrected chi connectivity index (χ3v) is 13.7. The standard InChI is InChI=1S/C61H48O/c1-40(47-33-34-53-52-19-10-12-23-57(52)61(2,3)58(53)39-47)56(35-41-25-27-45(28-26-41)51-21-14-22-55-54-20-11-13-24-59(54)62-60(51)55)46-31-29-44(30-32-46)50-37-48(42-15-6-4-7-16-42)36-49(38-50)43-17-8-5-9-18-43/h4-34,36-40,56H,35H2,1-3H3. The van der Waals surface area contributed by atoms with Crippen molar-refractivity contribution in [3.63, 3.8) is 0 Å². The third-order valence-electron chi connectivity index (χ3n) is 13.7. The first-order valence-corrected chi connectivity index (χ1v) is 22.0. The fourth-order valence-electron chi connectivity index (χ4n) is 10.2. The van der Waals surface area contributed by atoms with Gasteiger partial charge in [-0.25, -0.2) is 0 Å². The lowest BCUT2D eigenvalue weighted by Gasteiger charge is -2.28. The van der Waals surface area contributed by atoms with Gasteiger partial charge in [-0.3, -0.25) is 0 Å². The Balaban J connectivity index is 0.967. The zero-order valence-corrected chi connectivity index (χ0v) is 35.5. The molecule has 0 spiro atoms. The summed E-state index contributed by atoms with van der Waals surface area (Å²) in [4.78, 5) is 0. The molecule has 62 heavy (non-hydrogen) atoms. The van der Waals surface area contributed by atoms with Crippen LogP contribution in [-0.4, -0.2) is 0 Å². The van der Waals surface area contributed by atoms with E-state index in [9.17, 15) is 0 Å².